The minimum Gasteiger partial charge on any atom is -0.507 e. The summed E-state index contributed by atoms with van der Waals surface area (Å²) in [5.74, 6) is -1.34. The van der Waals surface area contributed by atoms with Crippen molar-refractivity contribution in [2.75, 3.05) is 13.2 Å². The fourth-order valence-electron chi connectivity index (χ4n) is 3.48. The van der Waals surface area contributed by atoms with Crippen molar-refractivity contribution in [1.82, 2.24) is 15.5 Å². The van der Waals surface area contributed by atoms with Crippen molar-refractivity contribution in [3.8, 4) is 5.75 Å². The molecule has 0 fully saturated rings. The second kappa shape index (κ2) is 13.0. The van der Waals surface area contributed by atoms with Crippen LogP contribution in [0, 0.1) is 6.92 Å². The van der Waals surface area contributed by atoms with Gasteiger partial charge in [0.25, 0.3) is 0 Å². The van der Waals surface area contributed by atoms with Crippen molar-refractivity contribution in [3.63, 3.8) is 0 Å². The molecule has 9 nitrogen and oxygen atoms in total. The Balaban J connectivity index is 3.43. The summed E-state index contributed by atoms with van der Waals surface area (Å²) in [6.45, 7) is 13.4. The molecule has 0 aromatic heterocycles. The van der Waals surface area contributed by atoms with Gasteiger partial charge in [0.1, 0.15) is 23.4 Å². The number of nitrogens with one attached hydrogen (secondary N) is 2. The van der Waals surface area contributed by atoms with Gasteiger partial charge in [0.05, 0.1) is 6.61 Å². The van der Waals surface area contributed by atoms with Crippen molar-refractivity contribution in [1.29, 1.82) is 0 Å². The summed E-state index contributed by atoms with van der Waals surface area (Å²) in [4.78, 5) is 40.3. The van der Waals surface area contributed by atoms with Gasteiger partial charge in [-0.3, -0.25) is 9.59 Å². The van der Waals surface area contributed by atoms with Gasteiger partial charge in [0.2, 0.25) is 11.8 Å². The quantitative estimate of drug-likeness (QED) is 0.363. The Kier molecular flexibility index (Phi) is 11.1. The number of hydrogen-bond acceptors (Lipinski definition) is 6. The van der Waals surface area contributed by atoms with Crippen LogP contribution in [0.4, 0.5) is 4.79 Å². The van der Waals surface area contributed by atoms with Crippen molar-refractivity contribution >= 4 is 17.9 Å². The number of alkyl carbamates (subject to hydrolysis) is 1. The number of rotatable bonds is 11. The van der Waals surface area contributed by atoms with Crippen LogP contribution in [-0.4, -0.2) is 63.9 Å². The number of carbonyl (C=O) groups is 3. The van der Waals surface area contributed by atoms with Gasteiger partial charge in [-0.15, -0.1) is 6.58 Å². The molecular weight excluding hydrogens is 438 g/mol. The zero-order chi connectivity index (χ0) is 26.1. The molecule has 0 aliphatic heterocycles. The van der Waals surface area contributed by atoms with Crippen LogP contribution < -0.4 is 10.6 Å². The Hall–Kier alpha value is -3.07. The smallest absolute Gasteiger partial charge is 0.408 e. The number of phenols is 1. The number of aliphatic hydroxyl groups is 1. The predicted octanol–water partition coefficient (Wildman–Crippen LogP) is 2.95. The highest BCUT2D eigenvalue weighted by atomic mass is 16.6. The van der Waals surface area contributed by atoms with Crippen molar-refractivity contribution in [2.45, 2.75) is 78.1 Å². The van der Waals surface area contributed by atoms with E-state index >= 15 is 0 Å². The third-order valence-electron chi connectivity index (χ3n) is 5.01. The Morgan fingerprint density at radius 3 is 2.41 bits per heavy atom. The fraction of sp³-hybridized carbons (Fsp3) is 0.560. The van der Waals surface area contributed by atoms with Crippen molar-refractivity contribution in [3.05, 3.63) is 42.0 Å². The van der Waals surface area contributed by atoms with Crippen molar-refractivity contribution < 1.29 is 29.3 Å². The molecule has 0 bridgehead atoms. The normalized spacial score (nSPS) is 13.9. The van der Waals surface area contributed by atoms with Gasteiger partial charge in [-0.1, -0.05) is 37.6 Å². The first-order chi connectivity index (χ1) is 15.9. The zero-order valence-electron chi connectivity index (χ0n) is 21.1. The van der Waals surface area contributed by atoms with Gasteiger partial charge in [0.15, 0.2) is 0 Å². The number of nitrogens with zero attached hydrogens (tertiary/aromatic N) is 1. The minimum atomic E-state index is -1.37. The molecule has 190 valence electrons. The Morgan fingerprint density at radius 2 is 1.88 bits per heavy atom. The van der Waals surface area contributed by atoms with Crippen LogP contribution >= 0.6 is 0 Å². The van der Waals surface area contributed by atoms with E-state index in [9.17, 15) is 24.6 Å². The number of ether oxygens (including phenoxy) is 1. The van der Waals surface area contributed by atoms with Gasteiger partial charge >= 0.3 is 6.09 Å². The third kappa shape index (κ3) is 8.37. The highest BCUT2D eigenvalue weighted by Crippen LogP contribution is 2.32. The molecule has 0 saturated heterocycles. The number of amides is 3. The highest BCUT2D eigenvalue weighted by Gasteiger charge is 2.37. The lowest BCUT2D eigenvalue weighted by atomic mass is 9.98. The molecule has 0 heterocycles. The largest absolute Gasteiger partial charge is 0.507 e. The summed E-state index contributed by atoms with van der Waals surface area (Å²) in [6, 6.07) is 2.17. The van der Waals surface area contributed by atoms with E-state index in [-0.39, 0.29) is 23.9 Å². The zero-order valence-corrected chi connectivity index (χ0v) is 21.1. The Morgan fingerprint density at radius 1 is 1.24 bits per heavy atom. The van der Waals surface area contributed by atoms with Gasteiger partial charge in [-0.2, -0.15) is 0 Å². The van der Waals surface area contributed by atoms with Gasteiger partial charge in [-0.25, -0.2) is 4.79 Å². The third-order valence-corrected chi connectivity index (χ3v) is 5.01. The highest BCUT2D eigenvalue weighted by molar-refractivity contribution is 5.92. The predicted molar refractivity (Wildman–Crippen MR) is 130 cm³/mol. The molecule has 1 aromatic rings. The molecule has 0 aliphatic carbocycles. The molecule has 1 rings (SSSR count). The van der Waals surface area contributed by atoms with E-state index in [1.807, 2.05) is 13.8 Å². The fourth-order valence-corrected chi connectivity index (χ4v) is 3.48. The Bertz CT molecular complexity index is 865. The van der Waals surface area contributed by atoms with Gasteiger partial charge in [0, 0.05) is 18.2 Å². The van der Waals surface area contributed by atoms with Crippen molar-refractivity contribution in [2.24, 2.45) is 0 Å². The molecule has 3 atom stereocenters. The summed E-state index contributed by atoms with van der Waals surface area (Å²) >= 11 is 0. The molecule has 3 unspecified atom stereocenters. The summed E-state index contributed by atoms with van der Waals surface area (Å²) in [5, 5.41) is 25.9. The van der Waals surface area contributed by atoms with Crippen LogP contribution in [0.3, 0.4) is 0 Å². The molecule has 0 aliphatic rings. The first-order valence-corrected chi connectivity index (χ1v) is 11.5. The summed E-state index contributed by atoms with van der Waals surface area (Å²) in [6.07, 6.45) is 2.13. The lowest BCUT2D eigenvalue weighted by Crippen LogP contribution is -2.54. The number of carbonyl (C=O) groups excluding carboxylic acids is 3. The first kappa shape index (κ1) is 29.0. The molecule has 0 spiro atoms. The average molecular weight is 478 g/mol. The monoisotopic (exact) mass is 477 g/mol. The summed E-state index contributed by atoms with van der Waals surface area (Å²) in [7, 11) is 0. The van der Waals surface area contributed by atoms with Crippen LogP contribution in [-0.2, 0) is 14.3 Å². The number of phenolic OH excluding ortho intramolecular Hbond substituents is 1. The minimum absolute atomic E-state index is 0.0705. The molecule has 0 radical (unpaired) electrons. The first-order valence-electron chi connectivity index (χ1n) is 11.5. The number of benzene rings is 1. The standard InChI is InChI=1S/C25H39N3O6/c1-8-11-17(4)26-22(31)20(18-13-10-12-16(3)21(18)30)28(14-9-2)23(32)19(15-29)27-24(33)34-25(5,6)7/h9-10,12-13,17,19-20,29-30H,2,8,11,14-15H2,1,3-7H3,(H,26,31)(H,27,33). The number of aryl methyl sites for hydroxylation is 1. The maximum Gasteiger partial charge on any atom is 0.408 e. The molecule has 34 heavy (non-hydrogen) atoms. The lowest BCUT2D eigenvalue weighted by Gasteiger charge is -2.34. The van der Waals surface area contributed by atoms with Crippen LogP contribution in [0.15, 0.2) is 30.9 Å². The molecule has 3 amide bonds. The van der Waals surface area contributed by atoms with E-state index in [0.29, 0.717) is 5.56 Å². The van der Waals surface area contributed by atoms with E-state index in [4.69, 9.17) is 4.74 Å². The average Bonchev–Trinajstić information content (AvgIpc) is 2.72. The van der Waals surface area contributed by atoms with Crippen LogP contribution in [0.1, 0.15) is 64.6 Å². The molecule has 4 N–H and O–H groups in total. The van der Waals surface area contributed by atoms with E-state index in [1.165, 1.54) is 11.0 Å². The van der Waals surface area contributed by atoms with E-state index < -0.39 is 42.2 Å². The second-order valence-corrected chi connectivity index (χ2v) is 9.27. The van der Waals surface area contributed by atoms with E-state index in [0.717, 1.165) is 12.8 Å². The van der Waals surface area contributed by atoms with E-state index in [2.05, 4.69) is 17.2 Å². The topological polar surface area (TPSA) is 128 Å². The maximum atomic E-state index is 13.5. The molecule has 1 aromatic carbocycles. The van der Waals surface area contributed by atoms with Crippen LogP contribution in [0.25, 0.3) is 0 Å². The van der Waals surface area contributed by atoms with E-state index in [1.54, 1.807) is 45.9 Å². The van der Waals surface area contributed by atoms with Gasteiger partial charge in [-0.05, 0) is 46.6 Å². The molecule has 0 saturated carbocycles. The number of hydrogen-bond donors (Lipinski definition) is 4. The number of aromatic hydroxyl groups is 1. The maximum absolute atomic E-state index is 13.5. The molecule has 9 heteroatoms. The number of para-hydroxylation sites is 1. The summed E-state index contributed by atoms with van der Waals surface area (Å²) in [5.41, 5.74) is -0.0436. The Labute approximate surface area is 202 Å². The van der Waals surface area contributed by atoms with Crippen LogP contribution in [0.5, 0.6) is 5.75 Å². The SMILES string of the molecule is C=CCN(C(=O)C(CO)NC(=O)OC(C)(C)C)C(C(=O)NC(C)CCC)c1cccc(C)c1O. The van der Waals surface area contributed by atoms with Crippen LogP contribution in [0.2, 0.25) is 0 Å². The molecular formula is C25H39N3O6. The van der Waals surface area contributed by atoms with Gasteiger partial charge < -0.3 is 30.5 Å². The lowest BCUT2D eigenvalue weighted by molar-refractivity contribution is -0.142. The second-order valence-electron chi connectivity index (χ2n) is 9.27. The number of aliphatic hydroxyl groups excluding tert-OH is 1. The summed E-state index contributed by atoms with van der Waals surface area (Å²) < 4.78 is 5.20.